The van der Waals surface area contributed by atoms with E-state index in [0.29, 0.717) is 0 Å². The van der Waals surface area contributed by atoms with Gasteiger partial charge in [-0.15, -0.1) is 0 Å². The molecule has 0 aliphatic carbocycles. The molecule has 5 aromatic carbocycles. The molecule has 0 saturated carbocycles. The number of benzene rings is 5. The fraction of sp³-hybridized carbons (Fsp3) is 0.0323. The summed E-state index contributed by atoms with van der Waals surface area (Å²) in [7, 11) is 0. The maximum atomic E-state index is 6.76. The fourth-order valence-corrected chi connectivity index (χ4v) is 4.60. The van der Waals surface area contributed by atoms with Gasteiger partial charge in [-0.05, 0) is 59.2 Å². The van der Waals surface area contributed by atoms with Crippen molar-refractivity contribution in [3.8, 4) is 0 Å². The fourth-order valence-electron chi connectivity index (χ4n) is 4.36. The molecule has 0 aliphatic heterocycles. The molecule has 5 aromatic rings. The van der Waals surface area contributed by atoms with E-state index in [9.17, 15) is 0 Å². The van der Waals surface area contributed by atoms with Gasteiger partial charge in [-0.25, -0.2) is 0 Å². The third kappa shape index (κ3) is 4.69. The molecule has 2 heteroatoms. The minimum Gasteiger partial charge on any atom is -0.310 e. The van der Waals surface area contributed by atoms with E-state index in [1.807, 2.05) is 18.2 Å². The van der Waals surface area contributed by atoms with E-state index in [-0.39, 0.29) is 5.92 Å². The Kier molecular flexibility index (Phi) is 6.23. The number of hydrogen-bond acceptors (Lipinski definition) is 1. The first-order valence-corrected chi connectivity index (χ1v) is 11.5. The van der Waals surface area contributed by atoms with Gasteiger partial charge in [-0.1, -0.05) is 109 Å². The van der Waals surface area contributed by atoms with Crippen molar-refractivity contribution in [3.63, 3.8) is 0 Å². The molecule has 0 aliphatic rings. The van der Waals surface area contributed by atoms with Crippen LogP contribution in [0.15, 0.2) is 140 Å². The monoisotopic (exact) mass is 445 g/mol. The minimum atomic E-state index is 0.0817. The average molecular weight is 446 g/mol. The second-order valence-electron chi connectivity index (χ2n) is 8.00. The maximum Gasteiger partial charge on any atom is 0.0479 e. The van der Waals surface area contributed by atoms with Gasteiger partial charge in [0.1, 0.15) is 0 Å². The molecule has 0 saturated heterocycles. The number of hydrogen-bond donors (Lipinski definition) is 0. The Hall–Kier alpha value is -3.81. The molecule has 1 nitrogen and oxygen atoms in total. The van der Waals surface area contributed by atoms with Crippen molar-refractivity contribution < 1.29 is 0 Å². The number of anilines is 3. The van der Waals surface area contributed by atoms with Crippen LogP contribution in [0.2, 0.25) is 5.02 Å². The first-order valence-electron chi connectivity index (χ1n) is 11.1. The topological polar surface area (TPSA) is 3.24 Å². The largest absolute Gasteiger partial charge is 0.310 e. The zero-order valence-corrected chi connectivity index (χ0v) is 18.9. The van der Waals surface area contributed by atoms with Gasteiger partial charge in [0, 0.05) is 28.0 Å². The molecule has 0 N–H and O–H groups in total. The van der Waals surface area contributed by atoms with E-state index < -0.39 is 0 Å². The number of halogens is 1. The standard InChI is InChI=1S/C31H24ClN/c32-27-21-26(31(24-13-5-1-6-14-24)25-15-7-2-8-16-25)22-30(23-27)33(28-17-9-3-10-18-28)29-19-11-4-12-20-29/h1-23,31H. The number of nitrogens with zero attached hydrogens (tertiary/aromatic N) is 1. The molecular weight excluding hydrogens is 422 g/mol. The average Bonchev–Trinajstić information content (AvgIpc) is 2.87. The number of para-hydroxylation sites is 2. The van der Waals surface area contributed by atoms with Gasteiger partial charge >= 0.3 is 0 Å². The Labute approximate surface area is 200 Å². The molecule has 160 valence electrons. The quantitative estimate of drug-likeness (QED) is 0.236. The van der Waals surface area contributed by atoms with E-state index in [0.717, 1.165) is 27.6 Å². The Morgan fingerprint density at radius 1 is 0.424 bits per heavy atom. The summed E-state index contributed by atoms with van der Waals surface area (Å²) in [4.78, 5) is 2.25. The molecule has 0 fully saturated rings. The van der Waals surface area contributed by atoms with Crippen LogP contribution in [0.25, 0.3) is 0 Å². The second kappa shape index (κ2) is 9.77. The van der Waals surface area contributed by atoms with Gasteiger partial charge in [-0.2, -0.15) is 0 Å². The maximum absolute atomic E-state index is 6.76. The highest BCUT2D eigenvalue weighted by Crippen LogP contribution is 2.40. The molecule has 0 radical (unpaired) electrons. The smallest absolute Gasteiger partial charge is 0.0479 e. The van der Waals surface area contributed by atoms with Gasteiger partial charge in [0.05, 0.1) is 0 Å². The summed E-state index contributed by atoms with van der Waals surface area (Å²) < 4.78 is 0. The summed E-state index contributed by atoms with van der Waals surface area (Å²) in [6.07, 6.45) is 0. The molecule has 0 unspecified atom stereocenters. The van der Waals surface area contributed by atoms with Crippen LogP contribution in [0.1, 0.15) is 22.6 Å². The zero-order valence-electron chi connectivity index (χ0n) is 18.2. The van der Waals surface area contributed by atoms with Crippen LogP contribution in [0.4, 0.5) is 17.1 Å². The van der Waals surface area contributed by atoms with E-state index in [1.54, 1.807) is 0 Å². The van der Waals surface area contributed by atoms with Gasteiger partial charge in [0.2, 0.25) is 0 Å². The highest BCUT2D eigenvalue weighted by atomic mass is 35.5. The molecular formula is C31H24ClN. The third-order valence-corrected chi connectivity index (χ3v) is 6.01. The second-order valence-corrected chi connectivity index (χ2v) is 8.44. The molecule has 5 rings (SSSR count). The van der Waals surface area contributed by atoms with E-state index in [1.165, 1.54) is 11.1 Å². The van der Waals surface area contributed by atoms with Crippen molar-refractivity contribution >= 4 is 28.7 Å². The summed E-state index contributed by atoms with van der Waals surface area (Å²) in [5, 5.41) is 0.719. The van der Waals surface area contributed by atoms with Gasteiger partial charge in [0.25, 0.3) is 0 Å². The van der Waals surface area contributed by atoms with Crippen LogP contribution in [-0.2, 0) is 0 Å². The van der Waals surface area contributed by atoms with Crippen LogP contribution in [0.3, 0.4) is 0 Å². The Balaban J connectivity index is 1.69. The van der Waals surface area contributed by atoms with Crippen molar-refractivity contribution in [2.45, 2.75) is 5.92 Å². The summed E-state index contributed by atoms with van der Waals surface area (Å²) in [6.45, 7) is 0. The van der Waals surface area contributed by atoms with Crippen molar-refractivity contribution in [2.24, 2.45) is 0 Å². The van der Waals surface area contributed by atoms with Gasteiger partial charge in [0.15, 0.2) is 0 Å². The van der Waals surface area contributed by atoms with Crippen molar-refractivity contribution in [2.75, 3.05) is 4.90 Å². The van der Waals surface area contributed by atoms with Gasteiger partial charge in [-0.3, -0.25) is 0 Å². The predicted molar refractivity (Wildman–Crippen MR) is 140 cm³/mol. The van der Waals surface area contributed by atoms with Crippen LogP contribution in [0, 0.1) is 0 Å². The Morgan fingerprint density at radius 2 is 0.848 bits per heavy atom. The highest BCUT2D eigenvalue weighted by molar-refractivity contribution is 6.31. The summed E-state index contributed by atoms with van der Waals surface area (Å²) in [6, 6.07) is 48.4. The minimum absolute atomic E-state index is 0.0817. The highest BCUT2D eigenvalue weighted by Gasteiger charge is 2.20. The molecule has 33 heavy (non-hydrogen) atoms. The van der Waals surface area contributed by atoms with E-state index >= 15 is 0 Å². The zero-order chi connectivity index (χ0) is 22.5. The lowest BCUT2D eigenvalue weighted by Crippen LogP contribution is -2.11. The number of rotatable bonds is 6. The predicted octanol–water partition coefficient (Wildman–Crippen LogP) is 8.99. The van der Waals surface area contributed by atoms with Crippen LogP contribution in [-0.4, -0.2) is 0 Å². The van der Waals surface area contributed by atoms with Crippen LogP contribution >= 0.6 is 11.6 Å². The van der Waals surface area contributed by atoms with Crippen LogP contribution in [0.5, 0.6) is 0 Å². The van der Waals surface area contributed by atoms with Crippen molar-refractivity contribution in [3.05, 3.63) is 161 Å². The van der Waals surface area contributed by atoms with Gasteiger partial charge < -0.3 is 4.90 Å². The summed E-state index contributed by atoms with van der Waals surface area (Å²) in [5.74, 6) is 0.0817. The van der Waals surface area contributed by atoms with Crippen molar-refractivity contribution in [1.29, 1.82) is 0 Å². The van der Waals surface area contributed by atoms with Crippen molar-refractivity contribution in [1.82, 2.24) is 0 Å². The van der Waals surface area contributed by atoms with E-state index in [4.69, 9.17) is 11.6 Å². The van der Waals surface area contributed by atoms with Crippen LogP contribution < -0.4 is 4.90 Å². The molecule has 0 amide bonds. The molecule has 0 atom stereocenters. The lowest BCUT2D eigenvalue weighted by molar-refractivity contribution is 0.976. The molecule has 0 aromatic heterocycles. The first kappa shape index (κ1) is 21.1. The SMILES string of the molecule is Clc1cc(C(c2ccccc2)c2ccccc2)cc(N(c2ccccc2)c2ccccc2)c1. The lowest BCUT2D eigenvalue weighted by atomic mass is 9.85. The van der Waals surface area contributed by atoms with E-state index in [2.05, 4.69) is 126 Å². The Morgan fingerprint density at radius 3 is 1.30 bits per heavy atom. The molecule has 0 bridgehead atoms. The molecule has 0 spiro atoms. The third-order valence-electron chi connectivity index (χ3n) is 5.79. The molecule has 0 heterocycles. The first-order chi connectivity index (χ1) is 16.3. The summed E-state index contributed by atoms with van der Waals surface area (Å²) in [5.41, 5.74) is 6.85. The normalized spacial score (nSPS) is 10.8. The summed E-state index contributed by atoms with van der Waals surface area (Å²) >= 11 is 6.76. The lowest BCUT2D eigenvalue weighted by Gasteiger charge is -2.27. The Bertz CT molecular complexity index is 1120.